The van der Waals surface area contributed by atoms with Crippen LogP contribution in [0.25, 0.3) is 11.6 Å². The Kier molecular flexibility index (Phi) is 1.77. The number of aromatic nitrogens is 4. The van der Waals surface area contributed by atoms with E-state index in [1.807, 2.05) is 0 Å². The number of oxazole rings is 1. The van der Waals surface area contributed by atoms with Crippen LogP contribution in [0.4, 0.5) is 11.9 Å². The van der Waals surface area contributed by atoms with E-state index in [0.717, 1.165) is 0 Å². The number of nitrogens with two attached hydrogens (primary N) is 2. The average molecular weight is 192 g/mol. The second kappa shape index (κ2) is 2.95. The average Bonchev–Trinajstić information content (AvgIpc) is 2.49. The van der Waals surface area contributed by atoms with Gasteiger partial charge in [0.1, 0.15) is 0 Å². The molecule has 7 nitrogen and oxygen atoms in total. The maximum absolute atomic E-state index is 5.41. The summed E-state index contributed by atoms with van der Waals surface area (Å²) in [6, 6.07) is 0. The quantitative estimate of drug-likeness (QED) is 0.652. The first-order chi connectivity index (χ1) is 6.66. The summed E-state index contributed by atoms with van der Waals surface area (Å²) in [5, 5.41) is 0. The summed E-state index contributed by atoms with van der Waals surface area (Å²) >= 11 is 0. The van der Waals surface area contributed by atoms with Crippen LogP contribution in [0, 0.1) is 6.92 Å². The molecule has 2 aromatic heterocycles. The molecule has 2 aromatic rings. The molecule has 2 heterocycles. The molecule has 72 valence electrons. The van der Waals surface area contributed by atoms with Crippen LogP contribution in [-0.2, 0) is 0 Å². The van der Waals surface area contributed by atoms with Crippen molar-refractivity contribution >= 4 is 11.9 Å². The molecule has 0 amide bonds. The highest BCUT2D eigenvalue weighted by Crippen LogP contribution is 2.18. The monoisotopic (exact) mass is 192 g/mol. The van der Waals surface area contributed by atoms with Gasteiger partial charge in [-0.3, -0.25) is 0 Å². The van der Waals surface area contributed by atoms with Crippen LogP contribution in [0.3, 0.4) is 0 Å². The largest absolute Gasteiger partial charge is 0.440 e. The second-order valence-corrected chi connectivity index (χ2v) is 2.64. The fourth-order valence-electron chi connectivity index (χ4n) is 1.03. The number of hydrogen-bond acceptors (Lipinski definition) is 7. The molecule has 0 saturated carbocycles. The summed E-state index contributed by atoms with van der Waals surface area (Å²) in [4.78, 5) is 15.3. The molecule has 2 rings (SSSR count). The number of nitrogens with zero attached hydrogens (tertiary/aromatic N) is 4. The van der Waals surface area contributed by atoms with Crippen molar-refractivity contribution < 1.29 is 4.42 Å². The van der Waals surface area contributed by atoms with Crippen molar-refractivity contribution in [2.24, 2.45) is 0 Å². The predicted molar refractivity (Wildman–Crippen MR) is 48.9 cm³/mol. The second-order valence-electron chi connectivity index (χ2n) is 2.64. The van der Waals surface area contributed by atoms with Gasteiger partial charge in [0.15, 0.2) is 12.2 Å². The zero-order chi connectivity index (χ0) is 10.1. The molecular weight excluding hydrogens is 184 g/mol. The molecule has 0 aliphatic heterocycles. The summed E-state index contributed by atoms with van der Waals surface area (Å²) in [7, 11) is 0. The molecule has 4 N–H and O–H groups in total. The van der Waals surface area contributed by atoms with Crippen LogP contribution >= 0.6 is 0 Å². The SMILES string of the molecule is Cc1ncoc1-c1nc(N)nc(N)n1. The van der Waals surface area contributed by atoms with E-state index >= 15 is 0 Å². The standard InChI is InChI=1S/C7H8N6O/c1-3-4(14-2-10-3)5-11-6(8)13-7(9)12-5/h2H,1H3,(H4,8,9,11,12,13). The van der Waals surface area contributed by atoms with Gasteiger partial charge >= 0.3 is 0 Å². The van der Waals surface area contributed by atoms with E-state index in [1.165, 1.54) is 6.39 Å². The topological polar surface area (TPSA) is 117 Å². The van der Waals surface area contributed by atoms with Gasteiger partial charge in [0.25, 0.3) is 0 Å². The number of anilines is 2. The van der Waals surface area contributed by atoms with Gasteiger partial charge in [0, 0.05) is 0 Å². The van der Waals surface area contributed by atoms with Crippen LogP contribution < -0.4 is 11.5 Å². The van der Waals surface area contributed by atoms with E-state index in [9.17, 15) is 0 Å². The first-order valence-corrected chi connectivity index (χ1v) is 3.84. The summed E-state index contributed by atoms with van der Waals surface area (Å²) in [6.07, 6.45) is 1.31. The molecule has 0 bridgehead atoms. The molecule has 7 heteroatoms. The first kappa shape index (κ1) is 8.42. The lowest BCUT2D eigenvalue weighted by Crippen LogP contribution is -2.04. The highest BCUT2D eigenvalue weighted by atomic mass is 16.3. The lowest BCUT2D eigenvalue weighted by atomic mass is 10.3. The lowest BCUT2D eigenvalue weighted by Gasteiger charge is -1.98. The van der Waals surface area contributed by atoms with E-state index in [4.69, 9.17) is 15.9 Å². The van der Waals surface area contributed by atoms with Crippen molar-refractivity contribution in [3.63, 3.8) is 0 Å². The molecule has 0 atom stereocenters. The fraction of sp³-hybridized carbons (Fsp3) is 0.143. The maximum atomic E-state index is 5.41. The fourth-order valence-corrected chi connectivity index (χ4v) is 1.03. The Balaban J connectivity index is 2.57. The molecule has 0 aromatic carbocycles. The number of aryl methyl sites for hydroxylation is 1. The van der Waals surface area contributed by atoms with Crippen LogP contribution in [0.1, 0.15) is 5.69 Å². The predicted octanol–water partition coefficient (Wildman–Crippen LogP) is -0.000580. The Morgan fingerprint density at radius 2 is 1.79 bits per heavy atom. The van der Waals surface area contributed by atoms with Gasteiger partial charge in [-0.2, -0.15) is 15.0 Å². The molecule has 0 aliphatic carbocycles. The molecule has 0 unspecified atom stereocenters. The van der Waals surface area contributed by atoms with Gasteiger partial charge in [-0.15, -0.1) is 0 Å². The van der Waals surface area contributed by atoms with Crippen LogP contribution in [-0.4, -0.2) is 19.9 Å². The minimum absolute atomic E-state index is 0.0586. The van der Waals surface area contributed by atoms with Gasteiger partial charge in [-0.1, -0.05) is 0 Å². The van der Waals surface area contributed by atoms with Crippen molar-refractivity contribution in [1.82, 2.24) is 19.9 Å². The minimum atomic E-state index is 0.0586. The Bertz CT molecular complexity index is 445. The number of hydrogen-bond donors (Lipinski definition) is 2. The molecule has 0 spiro atoms. The Labute approximate surface area is 79.2 Å². The van der Waals surface area contributed by atoms with E-state index in [1.54, 1.807) is 6.92 Å². The van der Waals surface area contributed by atoms with Crippen LogP contribution in [0.15, 0.2) is 10.8 Å². The molecule has 0 aliphatic rings. The third kappa shape index (κ3) is 1.35. The smallest absolute Gasteiger partial charge is 0.225 e. The Morgan fingerprint density at radius 1 is 1.14 bits per heavy atom. The Morgan fingerprint density at radius 3 is 2.29 bits per heavy atom. The van der Waals surface area contributed by atoms with Crippen molar-refractivity contribution in [3.8, 4) is 11.6 Å². The van der Waals surface area contributed by atoms with Crippen molar-refractivity contribution in [3.05, 3.63) is 12.1 Å². The lowest BCUT2D eigenvalue weighted by molar-refractivity contribution is 0.566. The molecule has 0 radical (unpaired) electrons. The van der Waals surface area contributed by atoms with Crippen LogP contribution in [0.2, 0.25) is 0 Å². The summed E-state index contributed by atoms with van der Waals surface area (Å²) < 4.78 is 5.09. The summed E-state index contributed by atoms with van der Waals surface area (Å²) in [6.45, 7) is 1.77. The van der Waals surface area contributed by atoms with Crippen molar-refractivity contribution in [2.75, 3.05) is 11.5 Å². The Hall–Kier alpha value is -2.18. The molecular formula is C7H8N6O. The third-order valence-electron chi connectivity index (χ3n) is 1.62. The van der Waals surface area contributed by atoms with Crippen molar-refractivity contribution in [2.45, 2.75) is 6.92 Å². The van der Waals surface area contributed by atoms with E-state index < -0.39 is 0 Å². The summed E-state index contributed by atoms with van der Waals surface area (Å²) in [5.41, 5.74) is 11.5. The normalized spacial score (nSPS) is 10.4. The van der Waals surface area contributed by atoms with Gasteiger partial charge in [0.05, 0.1) is 5.69 Å². The third-order valence-corrected chi connectivity index (χ3v) is 1.62. The van der Waals surface area contributed by atoms with E-state index in [0.29, 0.717) is 17.3 Å². The first-order valence-electron chi connectivity index (χ1n) is 3.84. The van der Waals surface area contributed by atoms with Gasteiger partial charge in [-0.25, -0.2) is 4.98 Å². The van der Waals surface area contributed by atoms with Crippen molar-refractivity contribution in [1.29, 1.82) is 0 Å². The van der Waals surface area contributed by atoms with Gasteiger partial charge in [-0.05, 0) is 6.92 Å². The highest BCUT2D eigenvalue weighted by molar-refractivity contribution is 5.52. The molecule has 0 saturated heterocycles. The number of nitrogen functional groups attached to an aromatic ring is 2. The highest BCUT2D eigenvalue weighted by Gasteiger charge is 2.11. The van der Waals surface area contributed by atoms with E-state index in [2.05, 4.69) is 19.9 Å². The zero-order valence-electron chi connectivity index (χ0n) is 7.43. The molecule has 14 heavy (non-hydrogen) atoms. The number of rotatable bonds is 1. The van der Waals surface area contributed by atoms with E-state index in [-0.39, 0.29) is 11.9 Å². The molecule has 0 fully saturated rings. The maximum Gasteiger partial charge on any atom is 0.225 e. The zero-order valence-corrected chi connectivity index (χ0v) is 7.43. The van der Waals surface area contributed by atoms with Gasteiger partial charge in [0.2, 0.25) is 17.7 Å². The van der Waals surface area contributed by atoms with Gasteiger partial charge < -0.3 is 15.9 Å². The summed E-state index contributed by atoms with van der Waals surface area (Å²) in [5.74, 6) is 0.863. The van der Waals surface area contributed by atoms with Crippen LogP contribution in [0.5, 0.6) is 0 Å². The minimum Gasteiger partial charge on any atom is -0.440 e.